The highest BCUT2D eigenvalue weighted by atomic mass is 16.5. The van der Waals surface area contributed by atoms with Crippen molar-refractivity contribution in [1.82, 2.24) is 14.9 Å². The zero-order chi connectivity index (χ0) is 12.9. The van der Waals surface area contributed by atoms with Gasteiger partial charge in [0, 0.05) is 31.3 Å². The van der Waals surface area contributed by atoms with Crippen LogP contribution in [-0.2, 0) is 4.74 Å². The Balaban J connectivity index is 0.000000225. The molecule has 2 rings (SSSR count). The van der Waals surface area contributed by atoms with E-state index in [4.69, 9.17) is 9.84 Å². The highest BCUT2D eigenvalue weighted by molar-refractivity contribution is 4.70. The average molecular weight is 253 g/mol. The third kappa shape index (κ3) is 8.11. The summed E-state index contributed by atoms with van der Waals surface area (Å²) in [7, 11) is 0. The molecule has 1 aromatic rings. The molecule has 18 heavy (non-hydrogen) atoms. The predicted molar refractivity (Wildman–Crippen MR) is 70.2 cm³/mol. The second-order valence-corrected chi connectivity index (χ2v) is 4.13. The van der Waals surface area contributed by atoms with Crippen LogP contribution in [0.25, 0.3) is 0 Å². The van der Waals surface area contributed by atoms with Crippen molar-refractivity contribution >= 4 is 0 Å². The topological polar surface area (TPSA) is 58.5 Å². The molecule has 102 valence electrons. The first-order valence-corrected chi connectivity index (χ1v) is 6.54. The van der Waals surface area contributed by atoms with Crippen LogP contribution in [0.2, 0.25) is 0 Å². The number of piperidine rings is 1. The van der Waals surface area contributed by atoms with Crippen LogP contribution in [0, 0.1) is 0 Å². The minimum atomic E-state index is 0.139. The van der Waals surface area contributed by atoms with Gasteiger partial charge in [-0.15, -0.1) is 0 Å². The first kappa shape index (κ1) is 15.0. The second kappa shape index (κ2) is 11.1. The summed E-state index contributed by atoms with van der Waals surface area (Å²) in [6, 6.07) is 0. The molecule has 2 heterocycles. The van der Waals surface area contributed by atoms with Crippen LogP contribution in [0.15, 0.2) is 24.8 Å². The maximum absolute atomic E-state index is 8.46. The van der Waals surface area contributed by atoms with Crippen molar-refractivity contribution in [3.05, 3.63) is 24.8 Å². The SMILES string of the molecule is OCCOCCN1CCCCC1.c1cnccn1. The molecular weight excluding hydrogens is 230 g/mol. The van der Waals surface area contributed by atoms with E-state index in [0.29, 0.717) is 6.61 Å². The molecule has 1 N–H and O–H groups in total. The van der Waals surface area contributed by atoms with Gasteiger partial charge in [0.25, 0.3) is 0 Å². The number of hydrogen-bond acceptors (Lipinski definition) is 5. The molecule has 0 bridgehead atoms. The van der Waals surface area contributed by atoms with Crippen LogP contribution in [0.1, 0.15) is 19.3 Å². The van der Waals surface area contributed by atoms with E-state index in [-0.39, 0.29) is 6.61 Å². The molecule has 1 aliphatic rings. The van der Waals surface area contributed by atoms with Gasteiger partial charge in [-0.3, -0.25) is 9.97 Å². The predicted octanol–water partition coefficient (Wildman–Crippen LogP) is 0.958. The minimum absolute atomic E-state index is 0.139. The quantitative estimate of drug-likeness (QED) is 0.792. The first-order valence-electron chi connectivity index (χ1n) is 6.54. The molecule has 5 heteroatoms. The fourth-order valence-corrected chi connectivity index (χ4v) is 1.80. The molecule has 1 fully saturated rings. The summed E-state index contributed by atoms with van der Waals surface area (Å²) >= 11 is 0. The molecule has 0 atom stereocenters. The molecule has 0 aromatic carbocycles. The molecular formula is C13H23N3O2. The number of likely N-dealkylation sites (tertiary alicyclic amines) is 1. The van der Waals surface area contributed by atoms with E-state index >= 15 is 0 Å². The lowest BCUT2D eigenvalue weighted by Crippen LogP contribution is -2.32. The molecule has 1 aliphatic heterocycles. The number of aliphatic hydroxyl groups is 1. The molecule has 0 unspecified atom stereocenters. The summed E-state index contributed by atoms with van der Waals surface area (Å²) in [6.45, 7) is 4.86. The highest BCUT2D eigenvalue weighted by Gasteiger charge is 2.08. The number of ether oxygens (including phenoxy) is 1. The number of aliphatic hydroxyl groups excluding tert-OH is 1. The van der Waals surface area contributed by atoms with E-state index < -0.39 is 0 Å². The molecule has 1 aromatic heterocycles. The van der Waals surface area contributed by atoms with Gasteiger partial charge in [0.15, 0.2) is 0 Å². The van der Waals surface area contributed by atoms with Crippen LogP contribution < -0.4 is 0 Å². The van der Waals surface area contributed by atoms with E-state index in [1.54, 1.807) is 24.8 Å². The number of nitrogens with zero attached hydrogens (tertiary/aromatic N) is 3. The first-order chi connectivity index (χ1) is 8.93. The Morgan fingerprint density at radius 1 is 0.944 bits per heavy atom. The fourth-order valence-electron chi connectivity index (χ4n) is 1.80. The monoisotopic (exact) mass is 253 g/mol. The summed E-state index contributed by atoms with van der Waals surface area (Å²) in [4.78, 5) is 9.88. The summed E-state index contributed by atoms with van der Waals surface area (Å²) < 4.78 is 5.19. The van der Waals surface area contributed by atoms with Crippen molar-refractivity contribution in [3.63, 3.8) is 0 Å². The van der Waals surface area contributed by atoms with Crippen LogP contribution in [0.3, 0.4) is 0 Å². The molecule has 0 radical (unpaired) electrons. The smallest absolute Gasteiger partial charge is 0.0698 e. The fraction of sp³-hybridized carbons (Fsp3) is 0.692. The third-order valence-electron chi connectivity index (χ3n) is 2.71. The molecule has 0 spiro atoms. The Bertz CT molecular complexity index is 239. The number of aromatic nitrogens is 2. The molecule has 5 nitrogen and oxygen atoms in total. The van der Waals surface area contributed by atoms with Crippen LogP contribution in [-0.4, -0.2) is 59.4 Å². The van der Waals surface area contributed by atoms with E-state index in [9.17, 15) is 0 Å². The normalized spacial score (nSPS) is 15.8. The van der Waals surface area contributed by atoms with Crippen molar-refractivity contribution in [1.29, 1.82) is 0 Å². The third-order valence-corrected chi connectivity index (χ3v) is 2.71. The van der Waals surface area contributed by atoms with Gasteiger partial charge in [-0.1, -0.05) is 6.42 Å². The van der Waals surface area contributed by atoms with E-state index in [2.05, 4.69) is 14.9 Å². The van der Waals surface area contributed by atoms with Crippen molar-refractivity contribution < 1.29 is 9.84 Å². The van der Waals surface area contributed by atoms with E-state index in [0.717, 1.165) is 13.2 Å². The summed E-state index contributed by atoms with van der Waals surface area (Å²) in [6.07, 6.45) is 10.6. The molecule has 0 aliphatic carbocycles. The molecule has 1 saturated heterocycles. The van der Waals surface area contributed by atoms with Crippen LogP contribution in [0.5, 0.6) is 0 Å². The van der Waals surface area contributed by atoms with Gasteiger partial charge in [0.2, 0.25) is 0 Å². The zero-order valence-corrected chi connectivity index (χ0v) is 10.9. The maximum atomic E-state index is 8.46. The van der Waals surface area contributed by atoms with Gasteiger partial charge in [0.05, 0.1) is 19.8 Å². The summed E-state index contributed by atoms with van der Waals surface area (Å²) in [5.74, 6) is 0. The van der Waals surface area contributed by atoms with Gasteiger partial charge in [0.1, 0.15) is 0 Å². The maximum Gasteiger partial charge on any atom is 0.0698 e. The summed E-state index contributed by atoms with van der Waals surface area (Å²) in [5, 5.41) is 8.46. The average Bonchev–Trinajstić information content (AvgIpc) is 2.47. The zero-order valence-electron chi connectivity index (χ0n) is 10.9. The Hall–Kier alpha value is -1.04. The lowest BCUT2D eigenvalue weighted by atomic mass is 10.1. The van der Waals surface area contributed by atoms with Gasteiger partial charge in [-0.05, 0) is 25.9 Å². The number of rotatable bonds is 5. The van der Waals surface area contributed by atoms with Crippen molar-refractivity contribution in [2.45, 2.75) is 19.3 Å². The largest absolute Gasteiger partial charge is 0.394 e. The van der Waals surface area contributed by atoms with E-state index in [1.807, 2.05) is 0 Å². The minimum Gasteiger partial charge on any atom is -0.394 e. The Morgan fingerprint density at radius 2 is 1.56 bits per heavy atom. The van der Waals surface area contributed by atoms with Gasteiger partial charge >= 0.3 is 0 Å². The molecule has 0 amide bonds. The summed E-state index contributed by atoms with van der Waals surface area (Å²) in [5.41, 5.74) is 0. The lowest BCUT2D eigenvalue weighted by Gasteiger charge is -2.25. The van der Waals surface area contributed by atoms with Gasteiger partial charge in [-0.2, -0.15) is 0 Å². The van der Waals surface area contributed by atoms with Crippen molar-refractivity contribution in [3.8, 4) is 0 Å². The second-order valence-electron chi connectivity index (χ2n) is 4.13. The lowest BCUT2D eigenvalue weighted by molar-refractivity contribution is 0.0695. The number of hydrogen-bond donors (Lipinski definition) is 1. The van der Waals surface area contributed by atoms with Gasteiger partial charge < -0.3 is 14.7 Å². The van der Waals surface area contributed by atoms with E-state index in [1.165, 1.54) is 32.4 Å². The van der Waals surface area contributed by atoms with Gasteiger partial charge in [-0.25, -0.2) is 0 Å². The Morgan fingerprint density at radius 3 is 2.06 bits per heavy atom. The Kier molecular flexibility index (Phi) is 9.24. The van der Waals surface area contributed by atoms with Crippen molar-refractivity contribution in [2.75, 3.05) is 39.5 Å². The molecule has 0 saturated carbocycles. The standard InChI is InChI=1S/C9H19NO2.C4H4N2/c11-7-9-12-8-6-10-4-2-1-3-5-10;1-2-6-4-3-5-1/h11H,1-9H2;1-4H. The highest BCUT2D eigenvalue weighted by Crippen LogP contribution is 2.07. The van der Waals surface area contributed by atoms with Crippen LogP contribution in [0.4, 0.5) is 0 Å². The Labute approximate surface area is 109 Å². The van der Waals surface area contributed by atoms with Crippen molar-refractivity contribution in [2.24, 2.45) is 0 Å². The van der Waals surface area contributed by atoms with Crippen LogP contribution >= 0.6 is 0 Å².